The maximum atomic E-state index is 11.5. The van der Waals surface area contributed by atoms with E-state index >= 15 is 0 Å². The zero-order valence-corrected chi connectivity index (χ0v) is 15.7. The summed E-state index contributed by atoms with van der Waals surface area (Å²) < 4.78 is 5.60. The number of nitrogens with zero attached hydrogens (tertiary/aromatic N) is 1. The van der Waals surface area contributed by atoms with E-state index < -0.39 is 0 Å². The van der Waals surface area contributed by atoms with E-state index in [9.17, 15) is 4.79 Å². The fourth-order valence-corrected chi connectivity index (χ4v) is 2.25. The molecule has 1 saturated heterocycles. The van der Waals surface area contributed by atoms with Gasteiger partial charge in [0, 0.05) is 52.3 Å². The molecular formula is C12H24BN2O2SY-2. The second kappa shape index (κ2) is 12.5. The first-order valence-corrected chi connectivity index (χ1v) is 7.51. The number of ether oxygens (including phenoxy) is 1. The molecule has 19 heavy (non-hydrogen) atoms. The van der Waals surface area contributed by atoms with Gasteiger partial charge in [0.2, 0.25) is 5.91 Å². The Morgan fingerprint density at radius 2 is 2.37 bits per heavy atom. The van der Waals surface area contributed by atoms with Crippen LogP contribution in [0.4, 0.5) is 0 Å². The third-order valence-electron chi connectivity index (χ3n) is 2.75. The molecule has 1 fully saturated rings. The molecule has 0 spiro atoms. The van der Waals surface area contributed by atoms with Crippen LogP contribution >= 0.6 is 10.3 Å². The second-order valence-electron chi connectivity index (χ2n) is 4.04. The van der Waals surface area contributed by atoms with Gasteiger partial charge < -0.3 is 24.3 Å². The summed E-state index contributed by atoms with van der Waals surface area (Å²) >= 11 is 0. The minimum absolute atomic E-state index is 0. The number of hydrogen-bond acceptors (Lipinski definition) is 3. The Balaban J connectivity index is 0. The molecule has 2 radical (unpaired) electrons. The molecular weight excluding hydrogens is 336 g/mol. The predicted octanol–water partition coefficient (Wildman–Crippen LogP) is 0.383. The summed E-state index contributed by atoms with van der Waals surface area (Å²) in [5, 5.41) is 2.89. The van der Waals surface area contributed by atoms with Gasteiger partial charge in [-0.25, -0.2) is 0 Å². The number of carbonyl (C=O) groups excluding carboxylic acids is 1. The van der Waals surface area contributed by atoms with Gasteiger partial charge in [-0.05, 0) is 13.1 Å². The Kier molecular flexibility index (Phi) is 14.5. The van der Waals surface area contributed by atoms with E-state index in [1.165, 1.54) is 0 Å². The Morgan fingerprint density at radius 3 is 2.95 bits per heavy atom. The Bertz CT molecular complexity index is 282. The molecule has 0 saturated carbocycles. The predicted molar refractivity (Wildman–Crippen MR) is 82.0 cm³/mol. The molecule has 1 amide bonds. The fraction of sp³-hybridized carbons (Fsp3) is 0.667. The number of carbonyl (C=O) groups is 1. The van der Waals surface area contributed by atoms with Crippen LogP contribution in [0.3, 0.4) is 0 Å². The molecule has 0 aromatic rings. The first-order chi connectivity index (χ1) is 8.15. The number of hydrogen-bond donors (Lipinski definition) is 1. The third-order valence-corrected chi connectivity index (χ3v) is 3.85. The van der Waals surface area contributed by atoms with E-state index in [0.717, 1.165) is 26.2 Å². The summed E-state index contributed by atoms with van der Waals surface area (Å²) in [6, 6.07) is 0. The summed E-state index contributed by atoms with van der Waals surface area (Å²) in [6.07, 6.45) is 0.114. The minimum Gasteiger partial charge on any atom is -0.374 e. The van der Waals surface area contributed by atoms with Gasteiger partial charge >= 0.3 is 0 Å². The summed E-state index contributed by atoms with van der Waals surface area (Å²) in [5.41, 5.74) is 0. The van der Waals surface area contributed by atoms with Crippen molar-refractivity contribution >= 4 is 28.7 Å². The first-order valence-electron chi connectivity index (χ1n) is 5.88. The molecule has 1 aliphatic rings. The van der Waals surface area contributed by atoms with Crippen LogP contribution in [0.5, 0.6) is 0 Å². The molecule has 1 aliphatic heterocycles. The maximum absolute atomic E-state index is 11.5. The first kappa shape index (κ1) is 22.1. The summed E-state index contributed by atoms with van der Waals surface area (Å²) in [5.74, 6) is 4.28. The second-order valence-corrected chi connectivity index (χ2v) is 5.74. The van der Waals surface area contributed by atoms with E-state index in [1.54, 1.807) is 6.56 Å². The molecule has 2 unspecified atom stereocenters. The van der Waals surface area contributed by atoms with Gasteiger partial charge in [0.05, 0.1) is 18.5 Å². The summed E-state index contributed by atoms with van der Waals surface area (Å²) in [6.45, 7) is 11.7. The average molecular weight is 360 g/mol. The average Bonchev–Trinajstić information content (AvgIpc) is 2.36. The minimum atomic E-state index is -0.271. The van der Waals surface area contributed by atoms with Crippen LogP contribution < -0.4 is 5.32 Å². The fourth-order valence-electron chi connectivity index (χ4n) is 1.70. The van der Waals surface area contributed by atoms with Crippen molar-refractivity contribution in [3.63, 3.8) is 0 Å². The molecule has 7 heteroatoms. The van der Waals surface area contributed by atoms with Gasteiger partial charge in [-0.2, -0.15) is 0 Å². The van der Waals surface area contributed by atoms with Crippen molar-refractivity contribution in [2.24, 2.45) is 0 Å². The van der Waals surface area contributed by atoms with E-state index in [0.29, 0.717) is 12.3 Å². The molecule has 0 aliphatic carbocycles. The largest absolute Gasteiger partial charge is 0.374 e. The van der Waals surface area contributed by atoms with E-state index in [1.807, 2.05) is 0 Å². The Labute approximate surface area is 146 Å². The summed E-state index contributed by atoms with van der Waals surface area (Å²) in [4.78, 5) is 13.9. The van der Waals surface area contributed by atoms with Crippen molar-refractivity contribution in [1.29, 1.82) is 0 Å². The van der Waals surface area contributed by atoms with Crippen molar-refractivity contribution in [3.8, 4) is 0 Å². The van der Waals surface area contributed by atoms with Crippen LogP contribution in [0, 0.1) is 14.2 Å². The molecule has 1 heterocycles. The number of amides is 1. The number of nitrogens with one attached hydrogen (secondary N) is 1. The van der Waals surface area contributed by atoms with Crippen LogP contribution in [0.15, 0.2) is 0 Å². The van der Waals surface area contributed by atoms with Crippen molar-refractivity contribution in [2.45, 2.75) is 13.0 Å². The van der Waals surface area contributed by atoms with E-state index in [-0.39, 0.29) is 62.5 Å². The van der Waals surface area contributed by atoms with Crippen molar-refractivity contribution in [3.05, 3.63) is 14.2 Å². The smallest absolute Gasteiger partial charge is 0.228 e. The van der Waals surface area contributed by atoms with Gasteiger partial charge in [0.25, 0.3) is 0 Å². The molecule has 0 bridgehead atoms. The van der Waals surface area contributed by atoms with Crippen LogP contribution in [0.2, 0.25) is 0 Å². The van der Waals surface area contributed by atoms with Gasteiger partial charge in [-0.15, -0.1) is 0 Å². The summed E-state index contributed by atoms with van der Waals surface area (Å²) in [7, 11) is -0.271. The normalized spacial score (nSPS) is 20.6. The number of morpholine rings is 1. The number of likely N-dealkylation sites (N-methyl/N-ethyl adjacent to an activating group) is 1. The van der Waals surface area contributed by atoms with Crippen molar-refractivity contribution in [2.75, 3.05) is 38.5 Å². The quantitative estimate of drug-likeness (QED) is 0.423. The van der Waals surface area contributed by atoms with Crippen LogP contribution in [0.1, 0.15) is 6.92 Å². The molecule has 108 valence electrons. The van der Waals surface area contributed by atoms with Gasteiger partial charge in [-0.3, -0.25) is 20.0 Å². The van der Waals surface area contributed by atoms with E-state index in [2.05, 4.69) is 29.8 Å². The van der Waals surface area contributed by atoms with Gasteiger partial charge in [-0.1, -0.05) is 12.8 Å². The zero-order valence-electron chi connectivity index (χ0n) is 12.1. The van der Waals surface area contributed by atoms with Gasteiger partial charge in [0.15, 0.2) is 0 Å². The van der Waals surface area contributed by atoms with Gasteiger partial charge in [0.1, 0.15) is 0 Å². The molecule has 2 atom stereocenters. The standard InChI is InChI=1S/C11H21BN2O2S.CH3.Y/c1-4-14-5-6-16-10(8-14)7-13-11(15)9-17(3)12-2;;/h10H,2-9H2,1H3,(H,13,15);1H3;/q2*-1;. The zero-order chi connectivity index (χ0) is 12.7. The van der Waals surface area contributed by atoms with Crippen LogP contribution in [0.25, 0.3) is 0 Å². The Hall–Kier alpha value is 0.779. The number of rotatable bonds is 6. The van der Waals surface area contributed by atoms with Crippen LogP contribution in [-0.4, -0.2) is 67.9 Å². The maximum Gasteiger partial charge on any atom is 0.228 e. The topological polar surface area (TPSA) is 41.6 Å². The monoisotopic (exact) mass is 360 g/mol. The molecule has 1 rings (SSSR count). The van der Waals surface area contributed by atoms with Crippen LogP contribution in [-0.2, 0) is 42.2 Å². The molecule has 0 aromatic heterocycles. The molecule has 0 aromatic carbocycles. The molecule has 4 nitrogen and oxygen atoms in total. The third kappa shape index (κ3) is 9.35. The van der Waals surface area contributed by atoms with E-state index in [4.69, 9.17) is 4.74 Å². The molecule has 1 N–H and O–H groups in total. The van der Waals surface area contributed by atoms with Crippen molar-refractivity contribution < 1.29 is 42.2 Å². The van der Waals surface area contributed by atoms with Crippen molar-refractivity contribution in [1.82, 2.24) is 10.2 Å². The SMILES string of the molecule is C=S([B][CH2-])CC(=O)NCC1CN(CC)CCO1.[CH3-].[Y]. The Morgan fingerprint density at radius 1 is 1.68 bits per heavy atom.